The summed E-state index contributed by atoms with van der Waals surface area (Å²) >= 11 is 0. The fourth-order valence-electron chi connectivity index (χ4n) is 2.00. The summed E-state index contributed by atoms with van der Waals surface area (Å²) in [5.41, 5.74) is 0. The molecule has 0 aliphatic heterocycles. The van der Waals surface area contributed by atoms with Gasteiger partial charge in [0.15, 0.2) is 0 Å². The maximum absolute atomic E-state index is 12.3. The summed E-state index contributed by atoms with van der Waals surface area (Å²) in [6.45, 7) is -4.59. The second-order valence-electron chi connectivity index (χ2n) is 4.16. The van der Waals surface area contributed by atoms with Crippen molar-refractivity contribution in [1.82, 2.24) is 4.90 Å². The van der Waals surface area contributed by atoms with E-state index in [0.29, 0.717) is 31.7 Å². The predicted molar refractivity (Wildman–Crippen MR) is 48.8 cm³/mol. The topological polar surface area (TPSA) is 3.24 Å². The van der Waals surface area contributed by atoms with Crippen LogP contribution < -0.4 is 51.4 Å². The summed E-state index contributed by atoms with van der Waals surface area (Å²) in [5, 5.41) is 0. The van der Waals surface area contributed by atoms with E-state index in [1.54, 1.807) is 0 Å². The summed E-state index contributed by atoms with van der Waals surface area (Å²) < 4.78 is 37.0. The molecular weight excluding hydrogens is 217 g/mol. The third-order valence-corrected chi connectivity index (χ3v) is 3.01. The molecule has 0 aromatic carbocycles. The predicted octanol–water partition coefficient (Wildman–Crippen LogP) is -0.288. The molecule has 1 aliphatic rings. The summed E-state index contributed by atoms with van der Waals surface area (Å²) in [6, 6.07) is 0.356. The molecule has 1 nitrogen and oxygen atoms in total. The Bertz CT molecular complexity index is 166. The monoisotopic (exact) mass is 233 g/mol. The first kappa shape index (κ1) is 15.5. The third kappa shape index (κ3) is 4.53. The number of hydrogen-bond acceptors (Lipinski definition) is 1. The van der Waals surface area contributed by atoms with E-state index in [2.05, 4.69) is 0 Å². The fourth-order valence-corrected chi connectivity index (χ4v) is 2.00. The molecular formula is C8H16BF3KN. The van der Waals surface area contributed by atoms with Gasteiger partial charge in [-0.05, 0) is 26.9 Å². The molecule has 78 valence electrons. The van der Waals surface area contributed by atoms with Gasteiger partial charge < -0.3 is 17.8 Å². The van der Waals surface area contributed by atoms with Gasteiger partial charge in [-0.2, -0.15) is 0 Å². The van der Waals surface area contributed by atoms with E-state index in [-0.39, 0.29) is 51.4 Å². The van der Waals surface area contributed by atoms with Gasteiger partial charge in [-0.15, -0.1) is 0 Å². The summed E-state index contributed by atoms with van der Waals surface area (Å²) in [5.74, 6) is -0.990. The van der Waals surface area contributed by atoms with Crippen LogP contribution in [0.2, 0.25) is 5.82 Å². The maximum atomic E-state index is 12.3. The van der Waals surface area contributed by atoms with Gasteiger partial charge in [-0.1, -0.05) is 18.7 Å². The first-order chi connectivity index (χ1) is 5.91. The van der Waals surface area contributed by atoms with Gasteiger partial charge in [0.2, 0.25) is 0 Å². The van der Waals surface area contributed by atoms with Gasteiger partial charge >= 0.3 is 58.4 Å². The van der Waals surface area contributed by atoms with Crippen LogP contribution in [-0.4, -0.2) is 32.0 Å². The zero-order valence-corrected chi connectivity index (χ0v) is 12.3. The molecule has 0 amide bonds. The van der Waals surface area contributed by atoms with E-state index >= 15 is 0 Å². The van der Waals surface area contributed by atoms with Gasteiger partial charge in [0, 0.05) is 6.04 Å². The Morgan fingerprint density at radius 1 is 1.00 bits per heavy atom. The van der Waals surface area contributed by atoms with Gasteiger partial charge in [-0.25, -0.2) is 0 Å². The van der Waals surface area contributed by atoms with Crippen LogP contribution >= 0.6 is 0 Å². The van der Waals surface area contributed by atoms with Crippen molar-refractivity contribution in [3.05, 3.63) is 0 Å². The van der Waals surface area contributed by atoms with Crippen molar-refractivity contribution in [3.63, 3.8) is 0 Å². The molecule has 0 N–H and O–H groups in total. The van der Waals surface area contributed by atoms with Crippen molar-refractivity contribution in [1.29, 1.82) is 0 Å². The van der Waals surface area contributed by atoms with E-state index in [1.807, 2.05) is 19.0 Å². The van der Waals surface area contributed by atoms with Gasteiger partial charge in [0.05, 0.1) is 0 Å². The Balaban J connectivity index is 0.00000169. The molecule has 0 heterocycles. The maximum Gasteiger partial charge on any atom is 1.00 e. The summed E-state index contributed by atoms with van der Waals surface area (Å²) in [4.78, 5) is 2.03. The Kier molecular flexibility index (Phi) is 6.90. The van der Waals surface area contributed by atoms with Gasteiger partial charge in [0.25, 0.3) is 0 Å². The molecule has 1 rings (SSSR count). The van der Waals surface area contributed by atoms with E-state index in [1.165, 1.54) is 0 Å². The first-order valence-corrected chi connectivity index (χ1v) is 4.77. The molecule has 6 heteroatoms. The average Bonchev–Trinajstić information content (AvgIpc) is 2.03. The molecule has 14 heavy (non-hydrogen) atoms. The standard InChI is InChI=1S/C8H16BF3N.K/c1-13(2)8-5-3-7(4-6-8)9(10,11)12;/h7-8H,3-6H2,1-2H3;/q-1;+1. The van der Waals surface area contributed by atoms with Crippen molar-refractivity contribution in [2.75, 3.05) is 14.1 Å². The van der Waals surface area contributed by atoms with Crippen LogP contribution in [0.25, 0.3) is 0 Å². The third-order valence-electron chi connectivity index (χ3n) is 3.01. The van der Waals surface area contributed by atoms with Crippen LogP contribution in [0.3, 0.4) is 0 Å². The minimum absolute atomic E-state index is 0. The Morgan fingerprint density at radius 3 is 1.71 bits per heavy atom. The van der Waals surface area contributed by atoms with Crippen molar-refractivity contribution < 1.29 is 64.3 Å². The molecule has 0 atom stereocenters. The number of hydrogen-bond donors (Lipinski definition) is 0. The Morgan fingerprint density at radius 2 is 1.43 bits per heavy atom. The van der Waals surface area contributed by atoms with Crippen molar-refractivity contribution in [2.45, 2.75) is 37.5 Å². The van der Waals surface area contributed by atoms with Crippen LogP contribution in [0.15, 0.2) is 0 Å². The molecule has 1 fully saturated rings. The number of nitrogens with zero attached hydrogens (tertiary/aromatic N) is 1. The first-order valence-electron chi connectivity index (χ1n) is 4.77. The zero-order valence-electron chi connectivity index (χ0n) is 9.14. The largest absolute Gasteiger partial charge is 1.00 e. The normalized spacial score (nSPS) is 28.7. The molecule has 0 radical (unpaired) electrons. The van der Waals surface area contributed by atoms with Crippen LogP contribution in [0, 0.1) is 0 Å². The summed E-state index contributed by atoms with van der Waals surface area (Å²) in [6.07, 6.45) is 2.04. The SMILES string of the molecule is CN(C)C1CCC([B-](F)(F)F)CC1.[K+]. The second kappa shape index (κ2) is 6.25. The molecule has 1 aliphatic carbocycles. The van der Waals surface area contributed by atoms with E-state index in [9.17, 15) is 12.9 Å². The fraction of sp³-hybridized carbons (Fsp3) is 1.00. The summed E-state index contributed by atoms with van der Waals surface area (Å²) in [7, 11) is 3.87. The Hall–Kier alpha value is 1.45. The molecule has 0 saturated heterocycles. The number of halogens is 3. The second-order valence-corrected chi connectivity index (χ2v) is 4.16. The van der Waals surface area contributed by atoms with E-state index in [4.69, 9.17) is 0 Å². The molecule has 1 saturated carbocycles. The van der Waals surface area contributed by atoms with Crippen LogP contribution in [0.5, 0.6) is 0 Å². The zero-order chi connectivity index (χ0) is 10.1. The van der Waals surface area contributed by atoms with Crippen molar-refractivity contribution >= 4 is 6.98 Å². The van der Waals surface area contributed by atoms with E-state index in [0.717, 1.165) is 0 Å². The minimum atomic E-state index is -4.59. The molecule has 0 aromatic heterocycles. The molecule has 0 unspecified atom stereocenters. The van der Waals surface area contributed by atoms with Crippen molar-refractivity contribution in [3.8, 4) is 0 Å². The van der Waals surface area contributed by atoms with E-state index < -0.39 is 12.8 Å². The molecule has 0 aromatic rings. The van der Waals surface area contributed by atoms with Gasteiger partial charge in [-0.3, -0.25) is 0 Å². The van der Waals surface area contributed by atoms with Crippen LogP contribution in [0.1, 0.15) is 25.7 Å². The Labute approximate surface area is 126 Å². The average molecular weight is 233 g/mol. The van der Waals surface area contributed by atoms with Crippen LogP contribution in [-0.2, 0) is 0 Å². The van der Waals surface area contributed by atoms with Crippen LogP contribution in [0.4, 0.5) is 12.9 Å². The number of rotatable bonds is 2. The van der Waals surface area contributed by atoms with Crippen molar-refractivity contribution in [2.24, 2.45) is 0 Å². The van der Waals surface area contributed by atoms with Gasteiger partial charge in [0.1, 0.15) is 0 Å². The quantitative estimate of drug-likeness (QED) is 0.592. The molecule has 0 bridgehead atoms. The minimum Gasteiger partial charge on any atom is -0.449 e. The molecule has 0 spiro atoms. The smallest absolute Gasteiger partial charge is 0.449 e.